The maximum absolute atomic E-state index is 3.81. The van der Waals surface area contributed by atoms with Gasteiger partial charge in [-0.1, -0.05) is 33.6 Å². The van der Waals surface area contributed by atoms with Gasteiger partial charge in [-0.05, 0) is 50.0 Å². The van der Waals surface area contributed by atoms with Crippen molar-refractivity contribution in [3.63, 3.8) is 0 Å². The van der Waals surface area contributed by atoms with Gasteiger partial charge < -0.3 is 10.2 Å². The lowest BCUT2D eigenvalue weighted by molar-refractivity contribution is 0.0974. The number of hydrogen-bond donors (Lipinski definition) is 1. The molecule has 0 radical (unpaired) electrons. The third-order valence-electron chi connectivity index (χ3n) is 4.87. The van der Waals surface area contributed by atoms with Gasteiger partial charge in [0.05, 0.1) is 0 Å². The van der Waals surface area contributed by atoms with E-state index in [1.54, 1.807) is 0 Å². The third kappa shape index (κ3) is 5.07. The quantitative estimate of drug-likeness (QED) is 0.758. The monoisotopic (exact) mass is 266 g/mol. The molecule has 2 heteroatoms. The van der Waals surface area contributed by atoms with Crippen LogP contribution in [0.15, 0.2) is 0 Å². The van der Waals surface area contributed by atoms with Crippen LogP contribution < -0.4 is 5.32 Å². The Balaban J connectivity index is 1.80. The molecular formula is C17H34N2. The molecule has 2 rings (SSSR count). The second-order valence-corrected chi connectivity index (χ2v) is 7.40. The van der Waals surface area contributed by atoms with E-state index in [4.69, 9.17) is 0 Å². The summed E-state index contributed by atoms with van der Waals surface area (Å²) in [5.74, 6) is 2.72. The van der Waals surface area contributed by atoms with Crippen molar-refractivity contribution in [2.45, 2.75) is 65.3 Å². The zero-order chi connectivity index (χ0) is 13.7. The van der Waals surface area contributed by atoms with Crippen LogP contribution in [-0.4, -0.2) is 37.1 Å². The van der Waals surface area contributed by atoms with E-state index in [-0.39, 0.29) is 0 Å². The smallest absolute Gasteiger partial charge is 0.0198 e. The van der Waals surface area contributed by atoms with Gasteiger partial charge in [0.15, 0.2) is 0 Å². The molecule has 112 valence electrons. The lowest BCUT2D eigenvalue weighted by atomic mass is 9.83. The van der Waals surface area contributed by atoms with Crippen LogP contribution in [0.2, 0.25) is 0 Å². The van der Waals surface area contributed by atoms with Crippen LogP contribution in [0.25, 0.3) is 0 Å². The molecule has 0 spiro atoms. The van der Waals surface area contributed by atoms with E-state index in [9.17, 15) is 0 Å². The summed E-state index contributed by atoms with van der Waals surface area (Å²) in [7, 11) is 0. The van der Waals surface area contributed by atoms with Crippen molar-refractivity contribution in [1.29, 1.82) is 0 Å². The van der Waals surface area contributed by atoms with Crippen LogP contribution in [0.5, 0.6) is 0 Å². The second-order valence-electron chi connectivity index (χ2n) is 7.40. The number of hydrogen-bond acceptors (Lipinski definition) is 2. The molecule has 2 fully saturated rings. The zero-order valence-electron chi connectivity index (χ0n) is 13.3. The lowest BCUT2D eigenvalue weighted by Crippen LogP contribution is -2.51. The lowest BCUT2D eigenvalue weighted by Gasteiger charge is -2.41. The van der Waals surface area contributed by atoms with Crippen molar-refractivity contribution in [3.05, 3.63) is 0 Å². The van der Waals surface area contributed by atoms with E-state index in [0.717, 1.165) is 23.8 Å². The molecular weight excluding hydrogens is 232 g/mol. The maximum atomic E-state index is 3.81. The highest BCUT2D eigenvalue weighted by Gasteiger charge is 2.29. The molecule has 0 aromatic heterocycles. The Morgan fingerprint density at radius 2 is 1.95 bits per heavy atom. The minimum atomic E-state index is 0.743. The molecule has 19 heavy (non-hydrogen) atoms. The highest BCUT2D eigenvalue weighted by molar-refractivity contribution is 4.85. The molecule has 0 amide bonds. The minimum absolute atomic E-state index is 0.743. The number of nitrogens with zero attached hydrogens (tertiary/aromatic N) is 1. The first-order chi connectivity index (χ1) is 9.17. The van der Waals surface area contributed by atoms with Crippen molar-refractivity contribution in [2.24, 2.45) is 17.8 Å². The van der Waals surface area contributed by atoms with Gasteiger partial charge in [0.25, 0.3) is 0 Å². The molecule has 2 nitrogen and oxygen atoms in total. The van der Waals surface area contributed by atoms with Gasteiger partial charge in [-0.3, -0.25) is 0 Å². The molecule has 1 aliphatic heterocycles. The fourth-order valence-corrected chi connectivity index (χ4v) is 3.66. The number of rotatable bonds is 7. The average Bonchev–Trinajstić information content (AvgIpc) is 2.32. The summed E-state index contributed by atoms with van der Waals surface area (Å²) in [5.41, 5.74) is 0. The summed E-state index contributed by atoms with van der Waals surface area (Å²) in [5, 5.41) is 3.81. The van der Waals surface area contributed by atoms with E-state index in [2.05, 4.69) is 31.0 Å². The Labute approximate surface area is 120 Å². The first-order valence-corrected chi connectivity index (χ1v) is 8.63. The predicted molar refractivity (Wildman–Crippen MR) is 83.4 cm³/mol. The molecule has 1 N–H and O–H groups in total. The maximum Gasteiger partial charge on any atom is 0.0198 e. The van der Waals surface area contributed by atoms with Crippen molar-refractivity contribution in [2.75, 3.05) is 26.2 Å². The fraction of sp³-hybridized carbons (Fsp3) is 1.00. The number of piperidine rings is 1. The average molecular weight is 266 g/mol. The highest BCUT2D eigenvalue weighted by atomic mass is 15.2. The summed E-state index contributed by atoms with van der Waals surface area (Å²) in [6.45, 7) is 12.2. The standard InChI is InChI=1S/C17H34N2/c1-4-6-16-9-17(18-10-14(2)3)13-19(12-16)11-15-7-5-8-15/h14-18H,4-13H2,1-3H3. The minimum Gasteiger partial charge on any atom is -0.312 e. The molecule has 0 bridgehead atoms. The van der Waals surface area contributed by atoms with Crippen molar-refractivity contribution in [3.8, 4) is 0 Å². The number of likely N-dealkylation sites (tertiary alicyclic amines) is 1. The summed E-state index contributed by atoms with van der Waals surface area (Å²) >= 11 is 0. The van der Waals surface area contributed by atoms with Crippen molar-refractivity contribution in [1.82, 2.24) is 10.2 Å². The molecule has 0 aromatic rings. The highest BCUT2D eigenvalue weighted by Crippen LogP contribution is 2.29. The first-order valence-electron chi connectivity index (χ1n) is 8.63. The number of nitrogens with one attached hydrogen (secondary N) is 1. The summed E-state index contributed by atoms with van der Waals surface area (Å²) in [4.78, 5) is 2.77. The van der Waals surface area contributed by atoms with Gasteiger partial charge in [-0.2, -0.15) is 0 Å². The Morgan fingerprint density at radius 3 is 2.53 bits per heavy atom. The van der Waals surface area contributed by atoms with Gasteiger partial charge in [0.2, 0.25) is 0 Å². The summed E-state index contributed by atoms with van der Waals surface area (Å²) in [6, 6.07) is 0.743. The predicted octanol–water partition coefficient (Wildman–Crippen LogP) is 3.52. The van der Waals surface area contributed by atoms with Gasteiger partial charge in [-0.25, -0.2) is 0 Å². The van der Waals surface area contributed by atoms with Gasteiger partial charge in [0, 0.05) is 25.7 Å². The molecule has 1 aliphatic carbocycles. The Kier molecular flexibility index (Phi) is 6.15. The Morgan fingerprint density at radius 1 is 1.16 bits per heavy atom. The van der Waals surface area contributed by atoms with E-state index in [1.807, 2.05) is 0 Å². The van der Waals surface area contributed by atoms with Crippen molar-refractivity contribution < 1.29 is 0 Å². The Bertz CT molecular complexity index is 248. The SMILES string of the molecule is CCCC1CC(NCC(C)C)CN(CC2CCC2)C1. The van der Waals surface area contributed by atoms with Crippen LogP contribution in [0.3, 0.4) is 0 Å². The molecule has 1 saturated heterocycles. The van der Waals surface area contributed by atoms with Gasteiger partial charge >= 0.3 is 0 Å². The molecule has 0 aromatic carbocycles. The van der Waals surface area contributed by atoms with Crippen molar-refractivity contribution >= 4 is 0 Å². The third-order valence-corrected chi connectivity index (χ3v) is 4.87. The van der Waals surface area contributed by atoms with Crippen LogP contribution in [0.1, 0.15) is 59.3 Å². The molecule has 2 unspecified atom stereocenters. The largest absolute Gasteiger partial charge is 0.312 e. The van der Waals surface area contributed by atoms with Crippen LogP contribution in [0, 0.1) is 17.8 Å². The zero-order valence-corrected chi connectivity index (χ0v) is 13.3. The molecule has 1 saturated carbocycles. The van der Waals surface area contributed by atoms with Crippen LogP contribution in [-0.2, 0) is 0 Å². The summed E-state index contributed by atoms with van der Waals surface area (Å²) < 4.78 is 0. The normalized spacial score (nSPS) is 29.7. The second kappa shape index (κ2) is 7.64. The van der Waals surface area contributed by atoms with Gasteiger partial charge in [-0.15, -0.1) is 0 Å². The van der Waals surface area contributed by atoms with Crippen LogP contribution in [0.4, 0.5) is 0 Å². The molecule has 1 heterocycles. The Hall–Kier alpha value is -0.0800. The van der Waals surface area contributed by atoms with E-state index in [0.29, 0.717) is 0 Å². The van der Waals surface area contributed by atoms with E-state index in [1.165, 1.54) is 64.7 Å². The van der Waals surface area contributed by atoms with E-state index < -0.39 is 0 Å². The van der Waals surface area contributed by atoms with Crippen LogP contribution >= 0.6 is 0 Å². The fourth-order valence-electron chi connectivity index (χ4n) is 3.66. The summed E-state index contributed by atoms with van der Waals surface area (Å²) in [6.07, 6.45) is 8.62. The first kappa shape index (κ1) is 15.3. The van der Waals surface area contributed by atoms with Gasteiger partial charge in [0.1, 0.15) is 0 Å². The topological polar surface area (TPSA) is 15.3 Å². The molecule has 2 atom stereocenters. The van der Waals surface area contributed by atoms with E-state index >= 15 is 0 Å². The molecule has 2 aliphatic rings.